The molecule has 1 N–H and O–H groups in total. The van der Waals surface area contributed by atoms with Crippen molar-refractivity contribution < 1.29 is 0 Å². The zero-order valence-corrected chi connectivity index (χ0v) is 9.41. The molecule has 17 heavy (non-hydrogen) atoms. The molecule has 0 aromatic carbocycles. The molecule has 0 radical (unpaired) electrons. The van der Waals surface area contributed by atoms with Gasteiger partial charge in [-0.1, -0.05) is 0 Å². The van der Waals surface area contributed by atoms with E-state index in [0.29, 0.717) is 6.54 Å². The fraction of sp³-hybridized carbons (Fsp3) is 0.182. The summed E-state index contributed by atoms with van der Waals surface area (Å²) in [4.78, 5) is 4.41. The third-order valence-electron chi connectivity index (χ3n) is 2.48. The van der Waals surface area contributed by atoms with E-state index in [9.17, 15) is 0 Å². The van der Waals surface area contributed by atoms with Crippen LogP contribution < -0.4 is 5.32 Å². The number of aryl methyl sites for hydroxylation is 1. The second-order valence-corrected chi connectivity index (χ2v) is 3.78. The first-order chi connectivity index (χ1) is 8.31. The van der Waals surface area contributed by atoms with Crippen molar-refractivity contribution in [3.05, 3.63) is 42.5 Å². The van der Waals surface area contributed by atoms with Gasteiger partial charge in [0.05, 0.1) is 18.4 Å². The molecular formula is C11H12N6. The Bertz CT molecular complexity index is 638. The summed E-state index contributed by atoms with van der Waals surface area (Å²) in [5.41, 5.74) is 1.82. The van der Waals surface area contributed by atoms with Crippen molar-refractivity contribution in [1.82, 2.24) is 24.4 Å². The lowest BCUT2D eigenvalue weighted by atomic mass is 10.4. The summed E-state index contributed by atoms with van der Waals surface area (Å²) < 4.78 is 3.51. The first kappa shape index (κ1) is 9.83. The van der Waals surface area contributed by atoms with Crippen LogP contribution in [0.25, 0.3) is 5.65 Å². The smallest absolute Gasteiger partial charge is 0.157 e. The Hall–Kier alpha value is -2.37. The Balaban J connectivity index is 1.76. The highest BCUT2D eigenvalue weighted by Gasteiger charge is 2.00. The van der Waals surface area contributed by atoms with Crippen LogP contribution in [0.2, 0.25) is 0 Å². The van der Waals surface area contributed by atoms with Crippen molar-refractivity contribution in [2.45, 2.75) is 6.54 Å². The van der Waals surface area contributed by atoms with Crippen LogP contribution in [0.4, 0.5) is 5.82 Å². The van der Waals surface area contributed by atoms with Gasteiger partial charge in [-0.3, -0.25) is 4.68 Å². The number of rotatable bonds is 3. The molecule has 0 fully saturated rings. The number of anilines is 1. The molecule has 0 unspecified atom stereocenters. The van der Waals surface area contributed by atoms with Gasteiger partial charge in [0.15, 0.2) is 5.65 Å². The number of hydrogen-bond acceptors (Lipinski definition) is 4. The minimum Gasteiger partial charge on any atom is -0.364 e. The molecule has 86 valence electrons. The van der Waals surface area contributed by atoms with E-state index in [2.05, 4.69) is 20.5 Å². The van der Waals surface area contributed by atoms with E-state index in [1.807, 2.05) is 37.6 Å². The minimum atomic E-state index is 0.665. The van der Waals surface area contributed by atoms with E-state index in [1.54, 1.807) is 15.4 Å². The highest BCUT2D eigenvalue weighted by molar-refractivity contribution is 5.45. The van der Waals surface area contributed by atoms with Crippen molar-refractivity contribution in [2.75, 3.05) is 5.32 Å². The SMILES string of the molecule is Cn1ccc(CNc2ccn3nccc3n2)n1. The van der Waals surface area contributed by atoms with Gasteiger partial charge in [-0.25, -0.2) is 9.50 Å². The highest BCUT2D eigenvalue weighted by atomic mass is 15.3. The van der Waals surface area contributed by atoms with E-state index in [1.165, 1.54) is 0 Å². The second-order valence-electron chi connectivity index (χ2n) is 3.78. The molecule has 0 atom stereocenters. The summed E-state index contributed by atoms with van der Waals surface area (Å²) in [6.45, 7) is 0.665. The lowest BCUT2D eigenvalue weighted by Gasteiger charge is -2.03. The average Bonchev–Trinajstić information content (AvgIpc) is 2.94. The lowest BCUT2D eigenvalue weighted by Crippen LogP contribution is -2.03. The molecule has 3 aromatic rings. The molecule has 0 spiro atoms. The standard InChI is InChI=1S/C11H12N6/c1-16-6-3-9(15-16)8-12-10-4-7-17-11(14-10)2-5-13-17/h2-7H,8H2,1H3,(H,12,14). The van der Waals surface area contributed by atoms with Crippen molar-refractivity contribution in [1.29, 1.82) is 0 Å². The molecule has 0 saturated heterocycles. The van der Waals surface area contributed by atoms with Crippen LogP contribution in [-0.4, -0.2) is 24.4 Å². The number of nitrogens with zero attached hydrogens (tertiary/aromatic N) is 5. The third-order valence-corrected chi connectivity index (χ3v) is 2.48. The molecule has 0 amide bonds. The predicted octanol–water partition coefficient (Wildman–Crippen LogP) is 1.07. The predicted molar refractivity (Wildman–Crippen MR) is 63.5 cm³/mol. The molecule has 3 aromatic heterocycles. The maximum atomic E-state index is 4.41. The first-order valence-electron chi connectivity index (χ1n) is 5.34. The van der Waals surface area contributed by atoms with Gasteiger partial charge >= 0.3 is 0 Å². The Labute approximate surface area is 97.9 Å². The summed E-state index contributed by atoms with van der Waals surface area (Å²) in [6.07, 6.45) is 5.53. The normalized spacial score (nSPS) is 10.9. The van der Waals surface area contributed by atoms with E-state index in [4.69, 9.17) is 0 Å². The zero-order valence-electron chi connectivity index (χ0n) is 9.41. The fourth-order valence-corrected chi connectivity index (χ4v) is 1.65. The quantitative estimate of drug-likeness (QED) is 0.728. The molecule has 0 bridgehead atoms. The summed E-state index contributed by atoms with van der Waals surface area (Å²) in [6, 6.07) is 5.74. The van der Waals surface area contributed by atoms with Gasteiger partial charge in [0, 0.05) is 25.5 Å². The van der Waals surface area contributed by atoms with Gasteiger partial charge in [-0.15, -0.1) is 0 Å². The monoisotopic (exact) mass is 228 g/mol. The lowest BCUT2D eigenvalue weighted by molar-refractivity contribution is 0.747. The Morgan fingerprint density at radius 1 is 1.24 bits per heavy atom. The van der Waals surface area contributed by atoms with E-state index in [0.717, 1.165) is 17.2 Å². The Kier molecular flexibility index (Phi) is 2.25. The van der Waals surface area contributed by atoms with Crippen LogP contribution >= 0.6 is 0 Å². The summed E-state index contributed by atoms with van der Waals surface area (Å²) in [7, 11) is 1.90. The molecule has 0 aliphatic carbocycles. The van der Waals surface area contributed by atoms with Crippen LogP contribution in [0, 0.1) is 0 Å². The van der Waals surface area contributed by atoms with Crippen LogP contribution in [0.15, 0.2) is 36.8 Å². The number of hydrogen-bond donors (Lipinski definition) is 1. The zero-order chi connectivity index (χ0) is 11.7. The second kappa shape index (κ2) is 3.89. The largest absolute Gasteiger partial charge is 0.364 e. The fourth-order valence-electron chi connectivity index (χ4n) is 1.65. The molecule has 3 rings (SSSR count). The maximum absolute atomic E-state index is 4.41. The topological polar surface area (TPSA) is 60.0 Å². The molecule has 0 aliphatic heterocycles. The summed E-state index contributed by atoms with van der Waals surface area (Å²) in [5, 5.41) is 11.6. The van der Waals surface area contributed by atoms with E-state index < -0.39 is 0 Å². The van der Waals surface area contributed by atoms with Gasteiger partial charge in [-0.05, 0) is 12.1 Å². The van der Waals surface area contributed by atoms with Crippen molar-refractivity contribution >= 4 is 11.5 Å². The minimum absolute atomic E-state index is 0.665. The van der Waals surface area contributed by atoms with Gasteiger partial charge in [-0.2, -0.15) is 10.2 Å². The van der Waals surface area contributed by atoms with E-state index in [-0.39, 0.29) is 0 Å². The first-order valence-corrected chi connectivity index (χ1v) is 5.34. The maximum Gasteiger partial charge on any atom is 0.157 e. The van der Waals surface area contributed by atoms with Crippen molar-refractivity contribution in [3.63, 3.8) is 0 Å². The highest BCUT2D eigenvalue weighted by Crippen LogP contribution is 2.07. The summed E-state index contributed by atoms with van der Waals surface area (Å²) >= 11 is 0. The van der Waals surface area contributed by atoms with Crippen LogP contribution in [0.1, 0.15) is 5.69 Å². The van der Waals surface area contributed by atoms with Crippen LogP contribution in [-0.2, 0) is 13.6 Å². The number of aromatic nitrogens is 5. The third kappa shape index (κ3) is 1.96. The van der Waals surface area contributed by atoms with E-state index >= 15 is 0 Å². The van der Waals surface area contributed by atoms with Crippen molar-refractivity contribution in [3.8, 4) is 0 Å². The van der Waals surface area contributed by atoms with Crippen LogP contribution in [0.3, 0.4) is 0 Å². The molecule has 3 heterocycles. The van der Waals surface area contributed by atoms with Crippen molar-refractivity contribution in [2.24, 2.45) is 7.05 Å². The van der Waals surface area contributed by atoms with Crippen LogP contribution in [0.5, 0.6) is 0 Å². The molecule has 6 heteroatoms. The molecule has 0 aliphatic rings. The van der Waals surface area contributed by atoms with Gasteiger partial charge in [0.2, 0.25) is 0 Å². The Morgan fingerprint density at radius 2 is 2.18 bits per heavy atom. The van der Waals surface area contributed by atoms with Gasteiger partial charge in [0.1, 0.15) is 5.82 Å². The Morgan fingerprint density at radius 3 is 3.00 bits per heavy atom. The number of nitrogens with one attached hydrogen (secondary N) is 1. The summed E-state index contributed by atoms with van der Waals surface area (Å²) in [5.74, 6) is 0.823. The van der Waals surface area contributed by atoms with Gasteiger partial charge in [0.25, 0.3) is 0 Å². The average molecular weight is 228 g/mol. The molecule has 0 saturated carbocycles. The van der Waals surface area contributed by atoms with Gasteiger partial charge < -0.3 is 5.32 Å². The number of fused-ring (bicyclic) bond motifs is 1. The molecular weight excluding hydrogens is 216 g/mol. The molecule has 6 nitrogen and oxygen atoms in total.